The van der Waals surface area contributed by atoms with Gasteiger partial charge in [-0.1, -0.05) is 23.7 Å². The summed E-state index contributed by atoms with van der Waals surface area (Å²) in [7, 11) is 1.55. The van der Waals surface area contributed by atoms with Gasteiger partial charge < -0.3 is 15.8 Å². The van der Waals surface area contributed by atoms with Crippen molar-refractivity contribution in [3.05, 3.63) is 52.5 Å². The van der Waals surface area contributed by atoms with Gasteiger partial charge in [0.2, 0.25) is 5.91 Å². The molecule has 3 N–H and O–H groups in total. The number of nitrogen functional groups attached to an aromatic ring is 1. The molecule has 2 rings (SSSR count). The molecule has 0 unspecified atom stereocenters. The van der Waals surface area contributed by atoms with Crippen LogP contribution < -0.4 is 15.8 Å². The number of halogens is 1. The Bertz CT molecular complexity index is 686. The van der Waals surface area contributed by atoms with Gasteiger partial charge in [0.15, 0.2) is 0 Å². The molecule has 0 aliphatic heterocycles. The number of hydrogen-bond acceptors (Lipinski definition) is 3. The van der Waals surface area contributed by atoms with Crippen molar-refractivity contribution < 1.29 is 9.53 Å². The smallest absolute Gasteiger partial charge is 0.224 e. The summed E-state index contributed by atoms with van der Waals surface area (Å²) >= 11 is 6.05. The van der Waals surface area contributed by atoms with Crippen LogP contribution in [0.3, 0.4) is 0 Å². The lowest BCUT2D eigenvalue weighted by molar-refractivity contribution is -0.116. The molecule has 0 fully saturated rings. The third kappa shape index (κ3) is 4.15. The quantitative estimate of drug-likeness (QED) is 0.824. The summed E-state index contributed by atoms with van der Waals surface area (Å²) in [5, 5.41) is 3.47. The Labute approximate surface area is 135 Å². The molecule has 0 aliphatic carbocycles. The second-order valence-corrected chi connectivity index (χ2v) is 5.50. The van der Waals surface area contributed by atoms with Crippen molar-refractivity contribution in [2.24, 2.45) is 0 Å². The molecule has 2 aromatic rings. The molecule has 4 nitrogen and oxygen atoms in total. The lowest BCUT2D eigenvalue weighted by Gasteiger charge is -2.12. The van der Waals surface area contributed by atoms with Crippen molar-refractivity contribution in [1.82, 2.24) is 0 Å². The summed E-state index contributed by atoms with van der Waals surface area (Å²) in [6.07, 6.45) is 1.00. The van der Waals surface area contributed by atoms with Crippen LogP contribution in [0.25, 0.3) is 0 Å². The molecule has 0 spiro atoms. The Morgan fingerprint density at radius 1 is 1.32 bits per heavy atom. The average molecular weight is 319 g/mol. The Balaban J connectivity index is 2.01. The first kappa shape index (κ1) is 16.2. The Morgan fingerprint density at radius 2 is 2.09 bits per heavy atom. The van der Waals surface area contributed by atoms with Crippen molar-refractivity contribution in [1.29, 1.82) is 0 Å². The molecule has 5 heteroatoms. The topological polar surface area (TPSA) is 64.3 Å². The Kier molecular flexibility index (Phi) is 5.28. The predicted molar refractivity (Wildman–Crippen MR) is 90.5 cm³/mol. The summed E-state index contributed by atoms with van der Waals surface area (Å²) in [6.45, 7) is 1.88. The number of nitrogens with one attached hydrogen (secondary N) is 1. The SMILES string of the molecule is COc1cc(Cl)c(C)cc1NC(=O)CCc1cccc(N)c1. The van der Waals surface area contributed by atoms with Crippen molar-refractivity contribution in [3.8, 4) is 5.75 Å². The first-order valence-electron chi connectivity index (χ1n) is 6.98. The van der Waals surface area contributed by atoms with E-state index in [2.05, 4.69) is 5.32 Å². The van der Waals surface area contributed by atoms with Gasteiger partial charge in [-0.3, -0.25) is 4.79 Å². The maximum atomic E-state index is 12.1. The van der Waals surface area contributed by atoms with Crippen LogP contribution in [0.4, 0.5) is 11.4 Å². The van der Waals surface area contributed by atoms with E-state index in [0.717, 1.165) is 11.1 Å². The maximum Gasteiger partial charge on any atom is 0.224 e. The zero-order chi connectivity index (χ0) is 16.1. The van der Waals surface area contributed by atoms with E-state index in [1.165, 1.54) is 0 Å². The van der Waals surface area contributed by atoms with E-state index in [1.54, 1.807) is 19.2 Å². The number of nitrogens with two attached hydrogens (primary N) is 1. The standard InChI is InChI=1S/C17H19ClN2O2/c1-11-8-15(16(22-2)10-14(11)18)20-17(21)7-6-12-4-3-5-13(19)9-12/h3-5,8-10H,6-7,19H2,1-2H3,(H,20,21). The van der Waals surface area contributed by atoms with E-state index < -0.39 is 0 Å². The van der Waals surface area contributed by atoms with Crippen LogP contribution in [-0.4, -0.2) is 13.0 Å². The van der Waals surface area contributed by atoms with Gasteiger partial charge in [0, 0.05) is 23.2 Å². The maximum absolute atomic E-state index is 12.1. The number of carbonyl (C=O) groups excluding carboxylic acids is 1. The highest BCUT2D eigenvalue weighted by Crippen LogP contribution is 2.31. The second-order valence-electron chi connectivity index (χ2n) is 5.09. The molecule has 22 heavy (non-hydrogen) atoms. The Morgan fingerprint density at radius 3 is 2.77 bits per heavy atom. The molecule has 0 aromatic heterocycles. The minimum atomic E-state index is -0.0811. The van der Waals surface area contributed by atoms with Crippen LogP contribution in [0, 0.1) is 6.92 Å². The number of methoxy groups -OCH3 is 1. The molecule has 0 radical (unpaired) electrons. The number of hydrogen-bond donors (Lipinski definition) is 2. The van der Waals surface area contributed by atoms with Gasteiger partial charge in [0.05, 0.1) is 12.8 Å². The van der Waals surface area contributed by atoms with E-state index in [1.807, 2.05) is 31.2 Å². The number of rotatable bonds is 5. The van der Waals surface area contributed by atoms with E-state index in [4.69, 9.17) is 22.1 Å². The monoisotopic (exact) mass is 318 g/mol. The normalized spacial score (nSPS) is 10.3. The molecule has 0 bridgehead atoms. The minimum absolute atomic E-state index is 0.0811. The average Bonchev–Trinajstić information content (AvgIpc) is 2.49. The van der Waals surface area contributed by atoms with Crippen molar-refractivity contribution >= 4 is 28.9 Å². The predicted octanol–water partition coefficient (Wildman–Crippen LogP) is 3.81. The van der Waals surface area contributed by atoms with Crippen LogP contribution in [0.15, 0.2) is 36.4 Å². The Hall–Kier alpha value is -2.20. The van der Waals surface area contributed by atoms with Crippen LogP contribution in [0.1, 0.15) is 17.5 Å². The highest BCUT2D eigenvalue weighted by molar-refractivity contribution is 6.31. The summed E-state index contributed by atoms with van der Waals surface area (Å²) < 4.78 is 5.24. The largest absolute Gasteiger partial charge is 0.495 e. The second kappa shape index (κ2) is 7.18. The summed E-state index contributed by atoms with van der Waals surface area (Å²) in [4.78, 5) is 12.1. The first-order chi connectivity index (χ1) is 10.5. The van der Waals surface area contributed by atoms with Gasteiger partial charge in [-0.25, -0.2) is 0 Å². The molecule has 2 aromatic carbocycles. The molecule has 0 saturated carbocycles. The van der Waals surface area contributed by atoms with Crippen molar-refractivity contribution in [2.45, 2.75) is 19.8 Å². The number of benzene rings is 2. The number of carbonyl (C=O) groups is 1. The van der Waals surface area contributed by atoms with Crippen LogP contribution in [0.2, 0.25) is 5.02 Å². The van der Waals surface area contributed by atoms with Gasteiger partial charge in [0.25, 0.3) is 0 Å². The fourth-order valence-corrected chi connectivity index (χ4v) is 2.30. The number of anilines is 2. The zero-order valence-corrected chi connectivity index (χ0v) is 13.4. The molecule has 0 atom stereocenters. The van der Waals surface area contributed by atoms with Gasteiger partial charge in [-0.2, -0.15) is 0 Å². The molecule has 116 valence electrons. The van der Waals surface area contributed by atoms with E-state index in [0.29, 0.717) is 35.0 Å². The van der Waals surface area contributed by atoms with E-state index >= 15 is 0 Å². The van der Waals surface area contributed by atoms with Crippen molar-refractivity contribution in [2.75, 3.05) is 18.2 Å². The van der Waals surface area contributed by atoms with E-state index in [9.17, 15) is 4.79 Å². The minimum Gasteiger partial charge on any atom is -0.495 e. The highest BCUT2D eigenvalue weighted by Gasteiger charge is 2.10. The summed E-state index contributed by atoms with van der Waals surface area (Å²) in [5.74, 6) is 0.468. The lowest BCUT2D eigenvalue weighted by atomic mass is 10.1. The van der Waals surface area contributed by atoms with Crippen LogP contribution in [-0.2, 0) is 11.2 Å². The number of amides is 1. The van der Waals surface area contributed by atoms with Crippen LogP contribution >= 0.6 is 11.6 Å². The number of ether oxygens (including phenoxy) is 1. The fraction of sp³-hybridized carbons (Fsp3) is 0.235. The van der Waals surface area contributed by atoms with Gasteiger partial charge in [-0.05, 0) is 42.7 Å². The molecule has 0 saturated heterocycles. The summed E-state index contributed by atoms with van der Waals surface area (Å²) in [5.41, 5.74) is 8.98. The van der Waals surface area contributed by atoms with Crippen molar-refractivity contribution in [3.63, 3.8) is 0 Å². The zero-order valence-electron chi connectivity index (χ0n) is 12.7. The molecule has 0 aliphatic rings. The summed E-state index contributed by atoms with van der Waals surface area (Å²) in [6, 6.07) is 11.0. The molecule has 0 heterocycles. The fourth-order valence-electron chi connectivity index (χ4n) is 2.15. The van der Waals surface area contributed by atoms with Gasteiger partial charge in [-0.15, -0.1) is 0 Å². The highest BCUT2D eigenvalue weighted by atomic mass is 35.5. The number of aryl methyl sites for hydroxylation is 2. The first-order valence-corrected chi connectivity index (χ1v) is 7.36. The van der Waals surface area contributed by atoms with Crippen LogP contribution in [0.5, 0.6) is 5.75 Å². The third-order valence-electron chi connectivity index (χ3n) is 3.35. The molecule has 1 amide bonds. The van der Waals surface area contributed by atoms with Gasteiger partial charge >= 0.3 is 0 Å². The molecular formula is C17H19ClN2O2. The lowest BCUT2D eigenvalue weighted by Crippen LogP contribution is -2.13. The van der Waals surface area contributed by atoms with E-state index in [-0.39, 0.29) is 5.91 Å². The third-order valence-corrected chi connectivity index (χ3v) is 3.75. The molecular weight excluding hydrogens is 300 g/mol. The van der Waals surface area contributed by atoms with Gasteiger partial charge in [0.1, 0.15) is 5.75 Å².